The highest BCUT2D eigenvalue weighted by atomic mass is 32.2. The molecule has 0 fully saturated rings. The van der Waals surface area contributed by atoms with Crippen molar-refractivity contribution in [1.29, 1.82) is 5.26 Å². The van der Waals surface area contributed by atoms with E-state index in [2.05, 4.69) is 24.5 Å². The van der Waals surface area contributed by atoms with E-state index in [9.17, 15) is 9.59 Å². The van der Waals surface area contributed by atoms with E-state index in [1.165, 1.54) is 23.5 Å². The fourth-order valence-corrected chi connectivity index (χ4v) is 2.47. The molecule has 1 aromatic rings. The molecule has 0 aliphatic carbocycles. The number of nitrogens with zero attached hydrogens (tertiary/aromatic N) is 1. The third kappa shape index (κ3) is 6.89. The van der Waals surface area contributed by atoms with Gasteiger partial charge in [0.25, 0.3) is 5.91 Å². The molecule has 0 aromatic heterocycles. The molecule has 1 unspecified atom stereocenters. The Morgan fingerprint density at radius 2 is 1.96 bits per heavy atom. The van der Waals surface area contributed by atoms with Crippen molar-refractivity contribution in [3.63, 3.8) is 0 Å². The van der Waals surface area contributed by atoms with Gasteiger partial charge in [-0.2, -0.15) is 17.0 Å². The van der Waals surface area contributed by atoms with E-state index in [1.807, 2.05) is 30.5 Å². The second-order valence-corrected chi connectivity index (χ2v) is 6.72. The van der Waals surface area contributed by atoms with Crippen LogP contribution in [0.25, 0.3) is 0 Å². The van der Waals surface area contributed by atoms with Crippen LogP contribution < -0.4 is 10.6 Å². The van der Waals surface area contributed by atoms with Gasteiger partial charge in [0.15, 0.2) is 0 Å². The standard InChI is InChI=1S/C18H23N3O3S/c1-12(2)13-4-6-15(7-5-13)20-11-14(10-19)17(22)21-16(18(23)24)8-9-25-3/h4-7,11-12,16,20H,8-9H2,1-3H3,(H,21,22)(H,23,24)/b14-11-. The lowest BCUT2D eigenvalue weighted by Gasteiger charge is -2.13. The van der Waals surface area contributed by atoms with Crippen molar-refractivity contribution in [1.82, 2.24) is 5.32 Å². The van der Waals surface area contributed by atoms with Crippen LogP contribution in [0.4, 0.5) is 5.69 Å². The molecule has 0 aliphatic rings. The van der Waals surface area contributed by atoms with Gasteiger partial charge >= 0.3 is 5.97 Å². The summed E-state index contributed by atoms with van der Waals surface area (Å²) in [5.41, 5.74) is 1.75. The zero-order valence-corrected chi connectivity index (χ0v) is 15.4. The molecule has 0 aliphatic heterocycles. The lowest BCUT2D eigenvalue weighted by molar-refractivity contribution is -0.141. The van der Waals surface area contributed by atoms with Crippen LogP contribution in [0.15, 0.2) is 36.0 Å². The lowest BCUT2D eigenvalue weighted by atomic mass is 10.0. The number of carbonyl (C=O) groups excluding carboxylic acids is 1. The van der Waals surface area contributed by atoms with Gasteiger partial charge in [-0.25, -0.2) is 4.79 Å². The molecule has 1 atom stereocenters. The van der Waals surface area contributed by atoms with Crippen LogP contribution in [-0.4, -0.2) is 35.0 Å². The Kier molecular flexibility index (Phi) is 8.57. The molecule has 0 saturated heterocycles. The highest BCUT2D eigenvalue weighted by Gasteiger charge is 2.21. The molecule has 0 spiro atoms. The second-order valence-electron chi connectivity index (χ2n) is 5.74. The third-order valence-corrected chi connectivity index (χ3v) is 4.18. The molecule has 1 amide bonds. The zero-order chi connectivity index (χ0) is 18.8. The molecule has 0 saturated carbocycles. The van der Waals surface area contributed by atoms with Crippen LogP contribution in [0.3, 0.4) is 0 Å². The SMILES string of the molecule is CSCCC(NC(=O)/C(C#N)=C\Nc1ccc(C(C)C)cc1)C(=O)O. The van der Waals surface area contributed by atoms with Crippen molar-refractivity contribution in [2.45, 2.75) is 32.2 Å². The van der Waals surface area contributed by atoms with Gasteiger partial charge in [-0.1, -0.05) is 26.0 Å². The molecule has 3 N–H and O–H groups in total. The van der Waals surface area contributed by atoms with E-state index < -0.39 is 17.9 Å². The fraction of sp³-hybridized carbons (Fsp3) is 0.389. The Hall–Kier alpha value is -2.46. The van der Waals surface area contributed by atoms with E-state index in [0.717, 1.165) is 5.69 Å². The number of hydrogen-bond donors (Lipinski definition) is 3. The quantitative estimate of drug-likeness (QED) is 0.462. The van der Waals surface area contributed by atoms with Crippen molar-refractivity contribution < 1.29 is 14.7 Å². The maximum Gasteiger partial charge on any atom is 0.326 e. The van der Waals surface area contributed by atoms with Crippen molar-refractivity contribution in [2.75, 3.05) is 17.3 Å². The van der Waals surface area contributed by atoms with Crippen molar-refractivity contribution in [2.24, 2.45) is 0 Å². The van der Waals surface area contributed by atoms with E-state index in [-0.39, 0.29) is 5.57 Å². The summed E-state index contributed by atoms with van der Waals surface area (Å²) in [4.78, 5) is 23.3. The molecule has 0 bridgehead atoms. The molecule has 1 aromatic carbocycles. The van der Waals surface area contributed by atoms with Gasteiger partial charge < -0.3 is 15.7 Å². The molecule has 1 rings (SSSR count). The number of aliphatic carboxylic acids is 1. The van der Waals surface area contributed by atoms with Crippen LogP contribution >= 0.6 is 11.8 Å². The number of thioether (sulfide) groups is 1. The first-order chi connectivity index (χ1) is 11.9. The largest absolute Gasteiger partial charge is 0.480 e. The number of anilines is 1. The Morgan fingerprint density at radius 3 is 2.44 bits per heavy atom. The summed E-state index contributed by atoms with van der Waals surface area (Å²) in [5.74, 6) is -0.804. The topological polar surface area (TPSA) is 102 Å². The Morgan fingerprint density at radius 1 is 1.32 bits per heavy atom. The van der Waals surface area contributed by atoms with Gasteiger partial charge in [-0.3, -0.25) is 4.79 Å². The van der Waals surface area contributed by atoms with Gasteiger partial charge in [0, 0.05) is 11.9 Å². The predicted molar refractivity (Wildman–Crippen MR) is 100 cm³/mol. The van der Waals surface area contributed by atoms with Gasteiger partial charge in [-0.15, -0.1) is 0 Å². The number of carboxylic acids is 1. The first kappa shape index (κ1) is 20.6. The molecule has 6 nitrogen and oxygen atoms in total. The van der Waals surface area contributed by atoms with Gasteiger partial charge in [0.2, 0.25) is 0 Å². The number of benzene rings is 1. The van der Waals surface area contributed by atoms with Gasteiger partial charge in [0.1, 0.15) is 17.7 Å². The fourth-order valence-electron chi connectivity index (χ4n) is 2.00. The minimum Gasteiger partial charge on any atom is -0.480 e. The summed E-state index contributed by atoms with van der Waals surface area (Å²) in [7, 11) is 0. The molecule has 7 heteroatoms. The minimum atomic E-state index is -1.11. The van der Waals surface area contributed by atoms with E-state index in [1.54, 1.807) is 6.07 Å². The van der Waals surface area contributed by atoms with E-state index in [4.69, 9.17) is 10.4 Å². The highest BCUT2D eigenvalue weighted by Crippen LogP contribution is 2.17. The summed E-state index contributed by atoms with van der Waals surface area (Å²) < 4.78 is 0. The van der Waals surface area contributed by atoms with Gasteiger partial charge in [0.05, 0.1) is 0 Å². The molecule has 134 valence electrons. The number of nitrogens with one attached hydrogen (secondary N) is 2. The van der Waals surface area contributed by atoms with Crippen molar-refractivity contribution in [3.8, 4) is 6.07 Å². The van der Waals surface area contributed by atoms with Crippen LogP contribution in [0.2, 0.25) is 0 Å². The average molecular weight is 361 g/mol. The maximum absolute atomic E-state index is 12.1. The summed E-state index contributed by atoms with van der Waals surface area (Å²) in [5, 5.41) is 23.6. The number of rotatable bonds is 9. The molecule has 0 radical (unpaired) electrons. The molecular formula is C18H23N3O3S. The third-order valence-electron chi connectivity index (χ3n) is 3.54. The Balaban J connectivity index is 2.75. The average Bonchev–Trinajstić information content (AvgIpc) is 2.59. The predicted octanol–water partition coefficient (Wildman–Crippen LogP) is 2.95. The van der Waals surface area contributed by atoms with Crippen LogP contribution in [0.5, 0.6) is 0 Å². The Labute approximate surface area is 152 Å². The second kappa shape index (κ2) is 10.4. The molecule has 0 heterocycles. The number of carboxylic acid groups (broad SMARTS) is 1. The summed E-state index contributed by atoms with van der Waals surface area (Å²) in [6.45, 7) is 4.19. The first-order valence-electron chi connectivity index (χ1n) is 7.88. The maximum atomic E-state index is 12.1. The van der Waals surface area contributed by atoms with Gasteiger partial charge in [-0.05, 0) is 42.0 Å². The Bertz CT molecular complexity index is 663. The van der Waals surface area contributed by atoms with Crippen LogP contribution in [0, 0.1) is 11.3 Å². The number of hydrogen-bond acceptors (Lipinski definition) is 5. The lowest BCUT2D eigenvalue weighted by Crippen LogP contribution is -2.41. The summed E-state index contributed by atoms with van der Waals surface area (Å²) >= 11 is 1.49. The number of nitriles is 1. The van der Waals surface area contributed by atoms with E-state index in [0.29, 0.717) is 18.1 Å². The van der Waals surface area contributed by atoms with E-state index >= 15 is 0 Å². The van der Waals surface area contributed by atoms with Crippen LogP contribution in [0.1, 0.15) is 31.7 Å². The summed E-state index contributed by atoms with van der Waals surface area (Å²) in [6.07, 6.45) is 3.44. The zero-order valence-electron chi connectivity index (χ0n) is 14.6. The first-order valence-corrected chi connectivity index (χ1v) is 9.27. The molecule has 25 heavy (non-hydrogen) atoms. The number of carbonyl (C=O) groups is 2. The number of amides is 1. The highest BCUT2D eigenvalue weighted by molar-refractivity contribution is 7.98. The minimum absolute atomic E-state index is 0.177. The molecular weight excluding hydrogens is 338 g/mol. The smallest absolute Gasteiger partial charge is 0.326 e. The van der Waals surface area contributed by atoms with Crippen molar-refractivity contribution in [3.05, 3.63) is 41.6 Å². The normalized spacial score (nSPS) is 12.4. The monoisotopic (exact) mass is 361 g/mol. The summed E-state index contributed by atoms with van der Waals surface area (Å²) in [6, 6.07) is 8.43. The van der Waals surface area contributed by atoms with Crippen LogP contribution in [-0.2, 0) is 9.59 Å². The van der Waals surface area contributed by atoms with Crippen molar-refractivity contribution >= 4 is 29.3 Å².